The molecular formula is C11H23NO2. The Labute approximate surface area is 87.4 Å². The lowest BCUT2D eigenvalue weighted by Gasteiger charge is -2.27. The molecule has 0 N–H and O–H groups in total. The zero-order chi connectivity index (χ0) is 11.4. The molecule has 0 radical (unpaired) electrons. The van der Waals surface area contributed by atoms with Crippen LogP contribution in [-0.4, -0.2) is 35.6 Å². The molecule has 0 aromatic carbocycles. The number of amides is 1. The van der Waals surface area contributed by atoms with Crippen molar-refractivity contribution in [1.82, 2.24) is 4.90 Å². The average Bonchev–Trinajstić information content (AvgIpc) is 2.00. The minimum atomic E-state index is -0.244. The molecular weight excluding hydrogens is 178 g/mol. The number of hydrogen-bond acceptors (Lipinski definition) is 2. The zero-order valence-electron chi connectivity index (χ0n) is 10.3. The molecule has 0 spiro atoms. The normalized spacial score (nSPS) is 11.9. The van der Waals surface area contributed by atoms with Gasteiger partial charge in [-0.1, -0.05) is 0 Å². The summed E-state index contributed by atoms with van der Waals surface area (Å²) in [6, 6.07) is 0.246. The van der Waals surface area contributed by atoms with Crippen LogP contribution >= 0.6 is 0 Å². The lowest BCUT2D eigenvalue weighted by molar-refractivity contribution is -0.142. The van der Waals surface area contributed by atoms with E-state index >= 15 is 0 Å². The van der Waals surface area contributed by atoms with Gasteiger partial charge in [-0.2, -0.15) is 0 Å². The van der Waals surface area contributed by atoms with Crippen molar-refractivity contribution in [2.45, 2.75) is 53.2 Å². The van der Waals surface area contributed by atoms with Gasteiger partial charge in [-0.3, -0.25) is 4.79 Å². The highest BCUT2D eigenvalue weighted by Gasteiger charge is 2.18. The standard InChI is InChI=1S/C11H23NO2/c1-7-12(9(2)3)10(13)8-14-11(4,5)6/h9H,7-8H2,1-6H3. The van der Waals surface area contributed by atoms with Crippen LogP contribution in [0.25, 0.3) is 0 Å². The first-order valence-electron chi connectivity index (χ1n) is 5.21. The molecule has 14 heavy (non-hydrogen) atoms. The molecule has 0 bridgehead atoms. The van der Waals surface area contributed by atoms with E-state index in [0.29, 0.717) is 0 Å². The highest BCUT2D eigenvalue weighted by atomic mass is 16.5. The van der Waals surface area contributed by atoms with E-state index in [1.54, 1.807) is 0 Å². The fourth-order valence-electron chi connectivity index (χ4n) is 1.19. The van der Waals surface area contributed by atoms with Crippen molar-refractivity contribution in [3.8, 4) is 0 Å². The Morgan fingerprint density at radius 2 is 1.86 bits per heavy atom. The molecule has 0 aliphatic carbocycles. The summed E-state index contributed by atoms with van der Waals surface area (Å²) in [7, 11) is 0. The maximum atomic E-state index is 11.7. The topological polar surface area (TPSA) is 29.5 Å². The van der Waals surface area contributed by atoms with Crippen LogP contribution in [0.15, 0.2) is 0 Å². The van der Waals surface area contributed by atoms with Crippen LogP contribution < -0.4 is 0 Å². The first kappa shape index (κ1) is 13.4. The lowest BCUT2D eigenvalue weighted by Crippen LogP contribution is -2.40. The van der Waals surface area contributed by atoms with Gasteiger partial charge in [0.15, 0.2) is 0 Å². The van der Waals surface area contributed by atoms with Crippen molar-refractivity contribution in [3.63, 3.8) is 0 Å². The monoisotopic (exact) mass is 201 g/mol. The van der Waals surface area contributed by atoms with Gasteiger partial charge in [0.05, 0.1) is 5.60 Å². The van der Waals surface area contributed by atoms with Crippen molar-refractivity contribution in [1.29, 1.82) is 0 Å². The molecule has 3 heteroatoms. The van der Waals surface area contributed by atoms with Crippen molar-refractivity contribution in [2.24, 2.45) is 0 Å². The maximum Gasteiger partial charge on any atom is 0.248 e. The fraction of sp³-hybridized carbons (Fsp3) is 0.909. The predicted molar refractivity (Wildman–Crippen MR) is 58.2 cm³/mol. The molecule has 0 rings (SSSR count). The number of carbonyl (C=O) groups excluding carboxylic acids is 1. The van der Waals surface area contributed by atoms with Gasteiger partial charge < -0.3 is 9.64 Å². The Morgan fingerprint density at radius 3 is 2.14 bits per heavy atom. The number of carbonyl (C=O) groups is 1. The molecule has 0 fully saturated rings. The van der Waals surface area contributed by atoms with E-state index in [4.69, 9.17) is 4.74 Å². The van der Waals surface area contributed by atoms with Crippen LogP contribution in [0.1, 0.15) is 41.5 Å². The minimum absolute atomic E-state index is 0.0671. The molecule has 0 aliphatic heterocycles. The number of hydrogen-bond donors (Lipinski definition) is 0. The summed E-state index contributed by atoms with van der Waals surface area (Å²) >= 11 is 0. The second kappa shape index (κ2) is 5.35. The van der Waals surface area contributed by atoms with Gasteiger partial charge in [0.25, 0.3) is 0 Å². The summed E-state index contributed by atoms with van der Waals surface area (Å²) in [5.74, 6) is 0.0671. The molecule has 0 heterocycles. The van der Waals surface area contributed by atoms with Crippen LogP contribution in [0.4, 0.5) is 0 Å². The first-order valence-corrected chi connectivity index (χ1v) is 5.21. The molecule has 1 amide bonds. The number of likely N-dealkylation sites (N-methyl/N-ethyl adjacent to an activating group) is 1. The highest BCUT2D eigenvalue weighted by Crippen LogP contribution is 2.07. The van der Waals surface area contributed by atoms with E-state index in [-0.39, 0.29) is 24.2 Å². The van der Waals surface area contributed by atoms with E-state index < -0.39 is 0 Å². The summed E-state index contributed by atoms with van der Waals surface area (Å²) in [4.78, 5) is 13.5. The summed E-state index contributed by atoms with van der Waals surface area (Å²) in [5.41, 5.74) is -0.244. The second-order valence-corrected chi connectivity index (χ2v) is 4.67. The average molecular weight is 201 g/mol. The first-order chi connectivity index (χ1) is 6.28. The summed E-state index contributed by atoms with van der Waals surface area (Å²) in [6.07, 6.45) is 0. The van der Waals surface area contributed by atoms with E-state index in [1.165, 1.54) is 0 Å². The SMILES string of the molecule is CCN(C(=O)COC(C)(C)C)C(C)C. The van der Waals surface area contributed by atoms with E-state index in [2.05, 4.69) is 0 Å². The Bertz CT molecular complexity index is 182. The Morgan fingerprint density at radius 1 is 1.36 bits per heavy atom. The number of nitrogens with zero attached hydrogens (tertiary/aromatic N) is 1. The third-order valence-corrected chi connectivity index (χ3v) is 1.91. The van der Waals surface area contributed by atoms with Crippen molar-refractivity contribution in [2.75, 3.05) is 13.2 Å². The van der Waals surface area contributed by atoms with Crippen molar-refractivity contribution < 1.29 is 9.53 Å². The third-order valence-electron chi connectivity index (χ3n) is 1.91. The molecule has 0 aliphatic rings. The molecule has 0 unspecified atom stereocenters. The largest absolute Gasteiger partial charge is 0.366 e. The lowest BCUT2D eigenvalue weighted by atomic mass is 10.2. The molecule has 0 saturated carbocycles. The number of ether oxygens (including phenoxy) is 1. The summed E-state index contributed by atoms with van der Waals surface area (Å²) < 4.78 is 5.43. The number of rotatable bonds is 4. The van der Waals surface area contributed by atoms with Gasteiger partial charge in [0.1, 0.15) is 6.61 Å². The Hall–Kier alpha value is -0.570. The quantitative estimate of drug-likeness (QED) is 0.696. The Balaban J connectivity index is 4.06. The summed E-state index contributed by atoms with van der Waals surface area (Å²) in [6.45, 7) is 12.8. The molecule has 84 valence electrons. The third kappa shape index (κ3) is 5.22. The van der Waals surface area contributed by atoms with Crippen LogP contribution in [-0.2, 0) is 9.53 Å². The highest BCUT2D eigenvalue weighted by molar-refractivity contribution is 5.77. The van der Waals surface area contributed by atoms with Gasteiger partial charge in [-0.05, 0) is 41.5 Å². The maximum absolute atomic E-state index is 11.7. The van der Waals surface area contributed by atoms with E-state index in [1.807, 2.05) is 46.4 Å². The zero-order valence-corrected chi connectivity index (χ0v) is 10.3. The summed E-state index contributed by atoms with van der Waals surface area (Å²) in [5, 5.41) is 0. The molecule has 3 nitrogen and oxygen atoms in total. The molecule has 0 saturated heterocycles. The minimum Gasteiger partial charge on any atom is -0.366 e. The van der Waals surface area contributed by atoms with Crippen LogP contribution in [0.5, 0.6) is 0 Å². The van der Waals surface area contributed by atoms with Gasteiger partial charge >= 0.3 is 0 Å². The van der Waals surface area contributed by atoms with Crippen LogP contribution in [0, 0.1) is 0 Å². The molecule has 0 aromatic heterocycles. The van der Waals surface area contributed by atoms with Gasteiger partial charge in [-0.15, -0.1) is 0 Å². The predicted octanol–water partition coefficient (Wildman–Crippen LogP) is 2.06. The van der Waals surface area contributed by atoms with Crippen LogP contribution in [0.3, 0.4) is 0 Å². The van der Waals surface area contributed by atoms with Gasteiger partial charge in [0, 0.05) is 12.6 Å². The Kier molecular flexibility index (Phi) is 5.13. The second-order valence-electron chi connectivity index (χ2n) is 4.67. The van der Waals surface area contributed by atoms with E-state index in [9.17, 15) is 4.79 Å². The van der Waals surface area contributed by atoms with Gasteiger partial charge in [0.2, 0.25) is 5.91 Å². The smallest absolute Gasteiger partial charge is 0.248 e. The van der Waals surface area contributed by atoms with Gasteiger partial charge in [-0.25, -0.2) is 0 Å². The van der Waals surface area contributed by atoms with E-state index in [0.717, 1.165) is 6.54 Å². The van der Waals surface area contributed by atoms with Crippen LogP contribution in [0.2, 0.25) is 0 Å². The molecule has 0 atom stereocenters. The van der Waals surface area contributed by atoms with Crippen molar-refractivity contribution in [3.05, 3.63) is 0 Å². The van der Waals surface area contributed by atoms with Crippen molar-refractivity contribution >= 4 is 5.91 Å². The fourth-order valence-corrected chi connectivity index (χ4v) is 1.19. The molecule has 0 aromatic rings.